The van der Waals surface area contributed by atoms with E-state index in [1.807, 2.05) is 19.1 Å². The first kappa shape index (κ1) is 22.4. The molecule has 29 heavy (non-hydrogen) atoms. The van der Waals surface area contributed by atoms with Crippen LogP contribution in [0.25, 0.3) is 0 Å². The van der Waals surface area contributed by atoms with Gasteiger partial charge in [-0.1, -0.05) is 52.0 Å². The number of rotatable bonds is 5. The minimum Gasteiger partial charge on any atom is -0.493 e. The molecule has 0 atom stereocenters. The van der Waals surface area contributed by atoms with E-state index in [0.29, 0.717) is 23.5 Å². The highest BCUT2D eigenvalue weighted by Gasteiger charge is 2.16. The maximum Gasteiger partial charge on any atom is 0.269 e. The molecule has 2 rings (SSSR count). The van der Waals surface area contributed by atoms with Gasteiger partial charge < -0.3 is 4.74 Å². The van der Waals surface area contributed by atoms with Crippen molar-refractivity contribution >= 4 is 29.1 Å². The van der Waals surface area contributed by atoms with E-state index in [-0.39, 0.29) is 16.4 Å². The van der Waals surface area contributed by atoms with Gasteiger partial charge in [0.1, 0.15) is 5.75 Å². The van der Waals surface area contributed by atoms with Crippen LogP contribution in [0.1, 0.15) is 60.4 Å². The van der Waals surface area contributed by atoms with E-state index in [4.69, 9.17) is 17.0 Å². The fourth-order valence-corrected chi connectivity index (χ4v) is 2.64. The largest absolute Gasteiger partial charge is 0.493 e. The van der Waals surface area contributed by atoms with E-state index in [1.165, 1.54) is 0 Å². The quantitative estimate of drug-likeness (QED) is 0.514. The fourth-order valence-electron chi connectivity index (χ4n) is 2.50. The van der Waals surface area contributed by atoms with Crippen LogP contribution >= 0.6 is 12.2 Å². The molecule has 0 saturated carbocycles. The summed E-state index contributed by atoms with van der Waals surface area (Å²) >= 11 is 5.10. The van der Waals surface area contributed by atoms with Gasteiger partial charge in [-0.15, -0.1) is 0 Å². The summed E-state index contributed by atoms with van der Waals surface area (Å²) in [6.45, 7) is 8.82. The number of hydrogen-bond donors (Lipinski definition) is 3. The van der Waals surface area contributed by atoms with Crippen molar-refractivity contribution in [1.82, 2.24) is 16.2 Å². The van der Waals surface area contributed by atoms with Gasteiger partial charge in [0.05, 0.1) is 12.2 Å². The maximum absolute atomic E-state index is 12.5. The molecule has 0 unspecified atom stereocenters. The Bertz CT molecular complexity index is 874. The molecule has 2 aromatic carbocycles. The smallest absolute Gasteiger partial charge is 0.269 e. The molecule has 2 aromatic rings. The van der Waals surface area contributed by atoms with Gasteiger partial charge in [-0.25, -0.2) is 0 Å². The van der Waals surface area contributed by atoms with Crippen LogP contribution in [0.3, 0.4) is 0 Å². The van der Waals surface area contributed by atoms with E-state index in [2.05, 4.69) is 36.9 Å². The van der Waals surface area contributed by atoms with E-state index < -0.39 is 5.91 Å². The predicted molar refractivity (Wildman–Crippen MR) is 118 cm³/mol. The first-order valence-electron chi connectivity index (χ1n) is 9.46. The van der Waals surface area contributed by atoms with E-state index >= 15 is 0 Å². The molecule has 0 aliphatic heterocycles. The lowest BCUT2D eigenvalue weighted by molar-refractivity contribution is 0.0933. The van der Waals surface area contributed by atoms with Crippen molar-refractivity contribution < 1.29 is 14.3 Å². The molecular weight excluding hydrogens is 386 g/mol. The number of carbonyl (C=O) groups is 2. The van der Waals surface area contributed by atoms with Crippen LogP contribution in [0, 0.1) is 0 Å². The van der Waals surface area contributed by atoms with Crippen LogP contribution < -0.4 is 20.9 Å². The van der Waals surface area contributed by atoms with Crippen molar-refractivity contribution in [2.75, 3.05) is 6.61 Å². The second kappa shape index (κ2) is 10.0. The summed E-state index contributed by atoms with van der Waals surface area (Å²) in [6.07, 6.45) is 0.832. The zero-order valence-electron chi connectivity index (χ0n) is 17.2. The lowest BCUT2D eigenvalue weighted by atomic mass is 9.87. The second-order valence-corrected chi connectivity index (χ2v) is 7.94. The van der Waals surface area contributed by atoms with E-state index in [0.717, 1.165) is 12.0 Å². The minimum absolute atomic E-state index is 0.0102. The molecule has 7 heteroatoms. The SMILES string of the molecule is CCCOc1ccccc1C(=O)NC(=S)NNC(=O)c1ccc(C(C)(C)C)cc1. The molecule has 0 bridgehead atoms. The van der Waals surface area contributed by atoms with Gasteiger partial charge >= 0.3 is 0 Å². The number of amides is 2. The first-order chi connectivity index (χ1) is 13.7. The van der Waals surface area contributed by atoms with Gasteiger partial charge in [0.25, 0.3) is 11.8 Å². The lowest BCUT2D eigenvalue weighted by Crippen LogP contribution is -2.48. The van der Waals surface area contributed by atoms with Crippen molar-refractivity contribution in [3.05, 3.63) is 65.2 Å². The normalized spacial score (nSPS) is 10.8. The summed E-state index contributed by atoms with van der Waals surface area (Å²) in [4.78, 5) is 24.7. The van der Waals surface area contributed by atoms with Crippen LogP contribution in [-0.4, -0.2) is 23.5 Å². The Balaban J connectivity index is 1.91. The number of para-hydroxylation sites is 1. The zero-order valence-corrected chi connectivity index (χ0v) is 18.0. The van der Waals surface area contributed by atoms with Gasteiger partial charge in [-0.05, 0) is 53.9 Å². The summed E-state index contributed by atoms with van der Waals surface area (Å²) in [5, 5.41) is 2.52. The number of hydrogen-bond acceptors (Lipinski definition) is 4. The third kappa shape index (κ3) is 6.57. The molecule has 0 aliphatic carbocycles. The summed E-state index contributed by atoms with van der Waals surface area (Å²) in [5.41, 5.74) is 7.03. The van der Waals surface area contributed by atoms with Crippen LogP contribution in [0.5, 0.6) is 5.75 Å². The Morgan fingerprint density at radius 3 is 2.24 bits per heavy atom. The third-order valence-electron chi connectivity index (χ3n) is 4.12. The fraction of sp³-hybridized carbons (Fsp3) is 0.318. The minimum atomic E-state index is -0.419. The Labute approximate surface area is 177 Å². The number of thiocarbonyl (C=S) groups is 1. The molecule has 0 spiro atoms. The number of ether oxygens (including phenoxy) is 1. The van der Waals surface area contributed by atoms with Gasteiger partial charge in [0.15, 0.2) is 5.11 Å². The first-order valence-corrected chi connectivity index (χ1v) is 9.87. The Morgan fingerprint density at radius 2 is 1.62 bits per heavy atom. The van der Waals surface area contributed by atoms with Crippen LogP contribution in [0.2, 0.25) is 0 Å². The average molecular weight is 414 g/mol. The molecule has 0 aromatic heterocycles. The molecule has 0 aliphatic rings. The van der Waals surface area contributed by atoms with Crippen molar-refractivity contribution in [2.45, 2.75) is 39.5 Å². The van der Waals surface area contributed by atoms with Crippen LogP contribution in [-0.2, 0) is 5.41 Å². The molecule has 6 nitrogen and oxygen atoms in total. The van der Waals surface area contributed by atoms with E-state index in [9.17, 15) is 9.59 Å². The highest BCUT2D eigenvalue weighted by molar-refractivity contribution is 7.80. The van der Waals surface area contributed by atoms with Gasteiger partial charge in [0.2, 0.25) is 0 Å². The van der Waals surface area contributed by atoms with Gasteiger partial charge in [-0.2, -0.15) is 0 Å². The van der Waals surface area contributed by atoms with Gasteiger partial charge in [-0.3, -0.25) is 25.8 Å². The monoisotopic (exact) mass is 413 g/mol. The topological polar surface area (TPSA) is 79.5 Å². The highest BCUT2D eigenvalue weighted by Crippen LogP contribution is 2.22. The Hall–Kier alpha value is -2.93. The van der Waals surface area contributed by atoms with Crippen molar-refractivity contribution in [2.24, 2.45) is 0 Å². The molecule has 0 heterocycles. The van der Waals surface area contributed by atoms with Crippen molar-refractivity contribution in [1.29, 1.82) is 0 Å². The van der Waals surface area contributed by atoms with Crippen molar-refractivity contribution in [3.8, 4) is 5.75 Å². The number of hydrazine groups is 1. The summed E-state index contributed by atoms with van der Waals surface area (Å²) in [6, 6.07) is 14.3. The molecule has 0 saturated heterocycles. The molecular formula is C22H27N3O3S. The number of carbonyl (C=O) groups excluding carboxylic acids is 2. The van der Waals surface area contributed by atoms with E-state index in [1.54, 1.807) is 36.4 Å². The summed E-state index contributed by atoms with van der Waals surface area (Å²) in [5.74, 6) is -0.288. The average Bonchev–Trinajstić information content (AvgIpc) is 2.70. The summed E-state index contributed by atoms with van der Waals surface area (Å²) in [7, 11) is 0. The van der Waals surface area contributed by atoms with Crippen molar-refractivity contribution in [3.63, 3.8) is 0 Å². The third-order valence-corrected chi connectivity index (χ3v) is 4.33. The molecule has 154 valence electrons. The number of benzene rings is 2. The van der Waals surface area contributed by atoms with Crippen LogP contribution in [0.4, 0.5) is 0 Å². The van der Waals surface area contributed by atoms with Gasteiger partial charge in [0, 0.05) is 5.56 Å². The molecule has 2 amide bonds. The number of nitrogens with one attached hydrogen (secondary N) is 3. The second-order valence-electron chi connectivity index (χ2n) is 7.53. The standard InChI is InChI=1S/C22H27N3O3S/c1-5-14-28-18-9-7-6-8-17(18)20(27)23-21(29)25-24-19(26)15-10-12-16(13-11-15)22(2,3)4/h6-13H,5,14H2,1-4H3,(H,24,26)(H2,23,25,27,29). The molecule has 0 radical (unpaired) electrons. The predicted octanol–water partition coefficient (Wildman–Crippen LogP) is 3.72. The lowest BCUT2D eigenvalue weighted by Gasteiger charge is -2.19. The Morgan fingerprint density at radius 1 is 0.966 bits per heavy atom. The molecule has 3 N–H and O–H groups in total. The molecule has 0 fully saturated rings. The van der Waals surface area contributed by atoms with Crippen LogP contribution in [0.15, 0.2) is 48.5 Å². The zero-order chi connectivity index (χ0) is 21.4. The summed E-state index contributed by atoms with van der Waals surface area (Å²) < 4.78 is 5.58. The highest BCUT2D eigenvalue weighted by atomic mass is 32.1. The maximum atomic E-state index is 12.5. The Kier molecular flexibility index (Phi) is 7.73.